The third-order valence-corrected chi connectivity index (χ3v) is 3.11. The van der Waals surface area contributed by atoms with E-state index in [0.29, 0.717) is 16.8 Å². The summed E-state index contributed by atoms with van der Waals surface area (Å²) in [6.07, 6.45) is 0. The van der Waals surface area contributed by atoms with Gasteiger partial charge in [0.25, 0.3) is 0 Å². The summed E-state index contributed by atoms with van der Waals surface area (Å²) in [5.74, 6) is -1.66. The zero-order valence-corrected chi connectivity index (χ0v) is 11.8. The second-order valence-electron chi connectivity index (χ2n) is 4.11. The number of rotatable bonds is 3. The molecule has 0 saturated carbocycles. The van der Waals surface area contributed by atoms with Gasteiger partial charge in [-0.1, -0.05) is 28.1 Å². The van der Waals surface area contributed by atoms with Gasteiger partial charge in [0, 0.05) is 11.0 Å². The normalized spacial score (nSPS) is 10.6. The number of aryl methyl sites for hydroxylation is 1. The van der Waals surface area contributed by atoms with E-state index < -0.39 is 11.6 Å². The van der Waals surface area contributed by atoms with Crippen LogP contribution in [0.2, 0.25) is 0 Å². The van der Waals surface area contributed by atoms with Crippen LogP contribution in [0.1, 0.15) is 11.1 Å². The van der Waals surface area contributed by atoms with Crippen molar-refractivity contribution in [2.45, 2.75) is 13.5 Å². The first-order valence-corrected chi connectivity index (χ1v) is 6.42. The van der Waals surface area contributed by atoms with Crippen LogP contribution in [-0.2, 0) is 6.54 Å². The minimum Gasteiger partial charge on any atom is -0.454 e. The summed E-state index contributed by atoms with van der Waals surface area (Å²) >= 11 is 3.10. The van der Waals surface area contributed by atoms with Crippen molar-refractivity contribution < 1.29 is 13.5 Å². The van der Waals surface area contributed by atoms with Crippen LogP contribution in [0.4, 0.5) is 8.78 Å². The van der Waals surface area contributed by atoms with Crippen molar-refractivity contribution >= 4 is 15.9 Å². The molecule has 0 unspecified atom stereocenters. The van der Waals surface area contributed by atoms with Gasteiger partial charge in [-0.2, -0.15) is 4.39 Å². The average molecular weight is 328 g/mol. The van der Waals surface area contributed by atoms with E-state index in [0.717, 1.165) is 17.2 Å². The molecule has 0 spiro atoms. The maximum absolute atomic E-state index is 13.6. The minimum atomic E-state index is -1.01. The van der Waals surface area contributed by atoms with Gasteiger partial charge >= 0.3 is 0 Å². The molecule has 0 saturated heterocycles. The molecule has 100 valence electrons. The van der Waals surface area contributed by atoms with Crippen molar-refractivity contribution in [2.24, 2.45) is 5.73 Å². The lowest BCUT2D eigenvalue weighted by Gasteiger charge is -2.11. The smallest absolute Gasteiger partial charge is 0.201 e. The first-order valence-electron chi connectivity index (χ1n) is 5.63. The molecule has 0 radical (unpaired) electrons. The Bertz CT molecular complexity index is 617. The van der Waals surface area contributed by atoms with Crippen molar-refractivity contribution in [1.29, 1.82) is 0 Å². The Morgan fingerprint density at radius 1 is 1.16 bits per heavy atom. The molecule has 2 rings (SSSR count). The molecular formula is C14H12BrF2NO. The molecule has 0 atom stereocenters. The van der Waals surface area contributed by atoms with Crippen LogP contribution in [-0.4, -0.2) is 0 Å². The number of ether oxygens (including phenoxy) is 1. The summed E-state index contributed by atoms with van der Waals surface area (Å²) < 4.78 is 32.7. The number of benzene rings is 2. The number of nitrogens with two attached hydrogens (primary N) is 1. The second kappa shape index (κ2) is 5.67. The SMILES string of the molecule is Cc1cc(CN)ccc1Oc1cc(Br)cc(F)c1F. The van der Waals surface area contributed by atoms with Crippen molar-refractivity contribution in [2.75, 3.05) is 0 Å². The fourth-order valence-electron chi connectivity index (χ4n) is 1.68. The predicted molar refractivity (Wildman–Crippen MR) is 73.2 cm³/mol. The van der Waals surface area contributed by atoms with E-state index in [2.05, 4.69) is 15.9 Å². The highest BCUT2D eigenvalue weighted by molar-refractivity contribution is 9.10. The highest BCUT2D eigenvalue weighted by atomic mass is 79.9. The van der Waals surface area contributed by atoms with Crippen LogP contribution in [0.5, 0.6) is 11.5 Å². The summed E-state index contributed by atoms with van der Waals surface area (Å²) in [7, 11) is 0. The average Bonchev–Trinajstić information content (AvgIpc) is 2.37. The third kappa shape index (κ3) is 3.11. The maximum Gasteiger partial charge on any atom is 0.201 e. The van der Waals surface area contributed by atoms with Gasteiger partial charge in [0.1, 0.15) is 5.75 Å². The molecule has 0 aliphatic carbocycles. The van der Waals surface area contributed by atoms with Crippen molar-refractivity contribution in [3.05, 3.63) is 57.6 Å². The standard InChI is InChI=1S/C14H12BrF2NO/c1-8-4-9(7-18)2-3-12(8)19-13-6-10(15)5-11(16)14(13)17/h2-6H,7,18H2,1H3. The minimum absolute atomic E-state index is 0.157. The molecule has 0 fully saturated rings. The van der Waals surface area contributed by atoms with Crippen molar-refractivity contribution in [3.8, 4) is 11.5 Å². The molecule has 2 nitrogen and oxygen atoms in total. The van der Waals surface area contributed by atoms with E-state index >= 15 is 0 Å². The Morgan fingerprint density at radius 3 is 2.53 bits per heavy atom. The Labute approximate surface area is 118 Å². The second-order valence-corrected chi connectivity index (χ2v) is 5.02. The third-order valence-electron chi connectivity index (χ3n) is 2.65. The summed E-state index contributed by atoms with van der Waals surface area (Å²) in [5, 5.41) is 0. The summed E-state index contributed by atoms with van der Waals surface area (Å²) in [5.41, 5.74) is 7.29. The van der Waals surface area contributed by atoms with E-state index in [9.17, 15) is 8.78 Å². The lowest BCUT2D eigenvalue weighted by Crippen LogP contribution is -1.98. The Balaban J connectivity index is 2.36. The molecule has 0 aromatic heterocycles. The first-order chi connectivity index (χ1) is 9.01. The van der Waals surface area contributed by atoms with E-state index in [1.54, 1.807) is 12.1 Å². The van der Waals surface area contributed by atoms with Gasteiger partial charge in [-0.25, -0.2) is 4.39 Å². The largest absolute Gasteiger partial charge is 0.454 e. The maximum atomic E-state index is 13.6. The number of hydrogen-bond acceptors (Lipinski definition) is 2. The highest BCUT2D eigenvalue weighted by Gasteiger charge is 2.13. The molecule has 0 amide bonds. The first kappa shape index (κ1) is 14.0. The Hall–Kier alpha value is -1.46. The van der Waals surface area contributed by atoms with Gasteiger partial charge in [-0.15, -0.1) is 0 Å². The molecule has 0 aliphatic heterocycles. The van der Waals surface area contributed by atoms with Crippen LogP contribution >= 0.6 is 15.9 Å². The van der Waals surface area contributed by atoms with Crippen LogP contribution in [0.3, 0.4) is 0 Å². The van der Waals surface area contributed by atoms with E-state index in [1.807, 2.05) is 13.0 Å². The van der Waals surface area contributed by atoms with Crippen LogP contribution in [0.15, 0.2) is 34.8 Å². The zero-order valence-electron chi connectivity index (χ0n) is 10.2. The summed E-state index contributed by atoms with van der Waals surface area (Å²) in [6, 6.07) is 7.76. The van der Waals surface area contributed by atoms with Crippen LogP contribution in [0.25, 0.3) is 0 Å². The fraction of sp³-hybridized carbons (Fsp3) is 0.143. The number of halogens is 3. The molecular weight excluding hydrogens is 316 g/mol. The zero-order chi connectivity index (χ0) is 14.0. The summed E-state index contributed by atoms with van der Waals surface area (Å²) in [4.78, 5) is 0. The molecule has 0 bridgehead atoms. The highest BCUT2D eigenvalue weighted by Crippen LogP contribution is 2.31. The van der Waals surface area contributed by atoms with Gasteiger partial charge in [0.2, 0.25) is 5.82 Å². The molecule has 5 heteroatoms. The van der Waals surface area contributed by atoms with Crippen molar-refractivity contribution in [1.82, 2.24) is 0 Å². The Morgan fingerprint density at radius 2 is 1.89 bits per heavy atom. The Kier molecular flexibility index (Phi) is 4.17. The number of hydrogen-bond donors (Lipinski definition) is 1. The lowest BCUT2D eigenvalue weighted by atomic mass is 10.1. The van der Waals surface area contributed by atoms with Gasteiger partial charge < -0.3 is 10.5 Å². The molecule has 0 heterocycles. The quantitative estimate of drug-likeness (QED) is 0.853. The van der Waals surface area contributed by atoms with Crippen LogP contribution < -0.4 is 10.5 Å². The van der Waals surface area contributed by atoms with Crippen LogP contribution in [0, 0.1) is 18.6 Å². The topological polar surface area (TPSA) is 35.2 Å². The fourth-order valence-corrected chi connectivity index (χ4v) is 2.09. The molecule has 0 aliphatic rings. The van der Waals surface area contributed by atoms with Gasteiger partial charge in [-0.05, 0) is 36.2 Å². The lowest BCUT2D eigenvalue weighted by molar-refractivity contribution is 0.413. The van der Waals surface area contributed by atoms with Crippen molar-refractivity contribution in [3.63, 3.8) is 0 Å². The van der Waals surface area contributed by atoms with E-state index in [-0.39, 0.29) is 5.75 Å². The summed E-state index contributed by atoms with van der Waals surface area (Å²) in [6.45, 7) is 2.24. The van der Waals surface area contributed by atoms with E-state index in [1.165, 1.54) is 6.07 Å². The molecule has 2 aromatic rings. The van der Waals surface area contributed by atoms with E-state index in [4.69, 9.17) is 10.5 Å². The molecule has 2 N–H and O–H groups in total. The molecule has 19 heavy (non-hydrogen) atoms. The monoisotopic (exact) mass is 327 g/mol. The predicted octanol–water partition coefficient (Wildman–Crippen LogP) is 4.29. The van der Waals surface area contributed by atoms with Gasteiger partial charge in [-0.3, -0.25) is 0 Å². The van der Waals surface area contributed by atoms with Gasteiger partial charge in [0.05, 0.1) is 0 Å². The van der Waals surface area contributed by atoms with Gasteiger partial charge in [0.15, 0.2) is 11.6 Å². The molecule has 2 aromatic carbocycles.